The monoisotopic (exact) mass is 674 g/mol. The fourth-order valence-electron chi connectivity index (χ4n) is 8.75. The van der Waals surface area contributed by atoms with E-state index < -0.39 is 0 Å². The van der Waals surface area contributed by atoms with Crippen LogP contribution in [-0.2, 0) is 0 Å². The highest BCUT2D eigenvalue weighted by Gasteiger charge is 2.18. The Balaban J connectivity index is 1.03. The second-order valence-electron chi connectivity index (χ2n) is 14.3. The molecule has 1 nitrogen and oxygen atoms in total. The van der Waals surface area contributed by atoms with Gasteiger partial charge in [0.05, 0.1) is 0 Å². The molecule has 0 radical (unpaired) electrons. The van der Waals surface area contributed by atoms with E-state index in [0.29, 0.717) is 0 Å². The molecule has 248 valence electrons. The summed E-state index contributed by atoms with van der Waals surface area (Å²) < 4.78 is 6.38. The first-order valence-electron chi connectivity index (χ1n) is 18.6. The van der Waals surface area contributed by atoms with Crippen LogP contribution in [0.2, 0.25) is 0 Å². The van der Waals surface area contributed by atoms with Crippen LogP contribution in [0.25, 0.3) is 104 Å². The standard InChI is InChI=1S/C52H34O/c1-2-10-33(11-3-1)38-12-8-13-39(32-38)40-14-4-5-15-43(40)44-29-25-37-26-30-46-41(28-24-36-27-31-47(44)51(37)50(36)46)34-20-22-35(23-21-34)42-17-9-18-48-45-16-6-7-19-49(45)53-52(42)48/h2,4-32H,1,3H2. The average Bonchev–Trinajstić information content (AvgIpc) is 3.62. The van der Waals surface area contributed by atoms with Crippen molar-refractivity contribution in [1.29, 1.82) is 0 Å². The maximum Gasteiger partial charge on any atom is 0.143 e. The number of allylic oxidation sites excluding steroid dienone is 4. The second kappa shape index (κ2) is 11.9. The lowest BCUT2D eigenvalue weighted by molar-refractivity contribution is 0.670. The maximum atomic E-state index is 6.38. The number of hydrogen-bond acceptors (Lipinski definition) is 1. The summed E-state index contributed by atoms with van der Waals surface area (Å²) in [4.78, 5) is 0. The van der Waals surface area contributed by atoms with E-state index in [4.69, 9.17) is 4.42 Å². The van der Waals surface area contributed by atoms with Gasteiger partial charge < -0.3 is 4.42 Å². The smallest absolute Gasteiger partial charge is 0.143 e. The first kappa shape index (κ1) is 30.0. The molecule has 1 aliphatic rings. The highest BCUT2D eigenvalue weighted by Crippen LogP contribution is 2.45. The first-order chi connectivity index (χ1) is 26.3. The number of rotatable bonds is 5. The predicted molar refractivity (Wildman–Crippen MR) is 226 cm³/mol. The molecule has 0 unspecified atom stereocenters. The van der Waals surface area contributed by atoms with E-state index in [1.165, 1.54) is 76.8 Å². The quantitative estimate of drug-likeness (QED) is 0.166. The van der Waals surface area contributed by atoms with Crippen LogP contribution >= 0.6 is 0 Å². The molecule has 1 aromatic heterocycles. The molecule has 10 aromatic rings. The zero-order chi connectivity index (χ0) is 34.9. The highest BCUT2D eigenvalue weighted by molar-refractivity contribution is 6.28. The van der Waals surface area contributed by atoms with Crippen LogP contribution in [0.4, 0.5) is 0 Å². The number of benzene rings is 9. The number of para-hydroxylation sites is 2. The minimum absolute atomic E-state index is 0.922. The van der Waals surface area contributed by atoms with Gasteiger partial charge >= 0.3 is 0 Å². The van der Waals surface area contributed by atoms with E-state index in [0.717, 1.165) is 45.9 Å². The van der Waals surface area contributed by atoms with Crippen molar-refractivity contribution >= 4 is 59.8 Å². The molecule has 1 heterocycles. The lowest BCUT2D eigenvalue weighted by atomic mass is 9.85. The van der Waals surface area contributed by atoms with Crippen molar-refractivity contribution < 1.29 is 4.42 Å². The fraction of sp³-hybridized carbons (Fsp3) is 0.0385. The Morgan fingerprint density at radius 2 is 1.00 bits per heavy atom. The van der Waals surface area contributed by atoms with Crippen LogP contribution in [0, 0.1) is 0 Å². The third-order valence-electron chi connectivity index (χ3n) is 11.3. The lowest BCUT2D eigenvalue weighted by Gasteiger charge is -2.18. The van der Waals surface area contributed by atoms with Gasteiger partial charge in [-0.25, -0.2) is 0 Å². The molecular formula is C52H34O. The summed E-state index contributed by atoms with van der Waals surface area (Å²) in [5.74, 6) is 0. The van der Waals surface area contributed by atoms with Crippen LogP contribution in [0.1, 0.15) is 18.4 Å². The van der Waals surface area contributed by atoms with Gasteiger partial charge in [-0.3, -0.25) is 0 Å². The molecule has 0 N–H and O–H groups in total. The van der Waals surface area contributed by atoms with E-state index >= 15 is 0 Å². The van der Waals surface area contributed by atoms with Crippen molar-refractivity contribution in [3.8, 4) is 44.5 Å². The van der Waals surface area contributed by atoms with Gasteiger partial charge in [-0.05, 0) is 107 Å². The molecule has 0 bridgehead atoms. The Labute approximate surface area is 308 Å². The van der Waals surface area contributed by atoms with Crippen molar-refractivity contribution in [3.63, 3.8) is 0 Å². The summed E-state index contributed by atoms with van der Waals surface area (Å²) in [5, 5.41) is 10.1. The minimum atomic E-state index is 0.922. The molecule has 0 amide bonds. The molecular weight excluding hydrogens is 641 g/mol. The summed E-state index contributed by atoms with van der Waals surface area (Å²) in [5.41, 5.74) is 14.2. The van der Waals surface area contributed by atoms with Crippen LogP contribution in [-0.4, -0.2) is 0 Å². The van der Waals surface area contributed by atoms with Crippen LogP contribution in [0.5, 0.6) is 0 Å². The van der Waals surface area contributed by atoms with Crippen LogP contribution < -0.4 is 0 Å². The van der Waals surface area contributed by atoms with Gasteiger partial charge in [0.25, 0.3) is 0 Å². The highest BCUT2D eigenvalue weighted by atomic mass is 16.3. The molecule has 0 aliphatic heterocycles. The largest absolute Gasteiger partial charge is 0.455 e. The molecule has 53 heavy (non-hydrogen) atoms. The summed E-state index contributed by atoms with van der Waals surface area (Å²) in [6.45, 7) is 0. The Morgan fingerprint density at radius 3 is 1.79 bits per heavy atom. The van der Waals surface area contributed by atoms with Crippen molar-refractivity contribution in [1.82, 2.24) is 0 Å². The minimum Gasteiger partial charge on any atom is -0.455 e. The lowest BCUT2D eigenvalue weighted by Crippen LogP contribution is -1.92. The van der Waals surface area contributed by atoms with Gasteiger partial charge in [0.15, 0.2) is 0 Å². The molecule has 1 heteroatoms. The molecule has 9 aromatic carbocycles. The van der Waals surface area contributed by atoms with Gasteiger partial charge in [-0.2, -0.15) is 0 Å². The van der Waals surface area contributed by atoms with E-state index in [-0.39, 0.29) is 0 Å². The Morgan fingerprint density at radius 1 is 0.377 bits per heavy atom. The summed E-state index contributed by atoms with van der Waals surface area (Å²) in [6, 6.07) is 60.1. The van der Waals surface area contributed by atoms with Gasteiger partial charge in [-0.1, -0.05) is 170 Å². The van der Waals surface area contributed by atoms with Crippen molar-refractivity contribution in [2.45, 2.75) is 12.8 Å². The topological polar surface area (TPSA) is 13.1 Å². The van der Waals surface area contributed by atoms with Crippen LogP contribution in [0.3, 0.4) is 0 Å². The van der Waals surface area contributed by atoms with E-state index in [2.05, 4.69) is 170 Å². The van der Waals surface area contributed by atoms with Crippen LogP contribution in [0.15, 0.2) is 186 Å². The molecule has 11 rings (SSSR count). The van der Waals surface area contributed by atoms with Gasteiger partial charge in [0.1, 0.15) is 11.2 Å². The fourth-order valence-corrected chi connectivity index (χ4v) is 8.75. The average molecular weight is 675 g/mol. The Kier molecular flexibility index (Phi) is 6.75. The van der Waals surface area contributed by atoms with Gasteiger partial charge in [0.2, 0.25) is 0 Å². The summed E-state index contributed by atoms with van der Waals surface area (Å²) in [6.07, 6.45) is 9.13. The van der Waals surface area contributed by atoms with Crippen molar-refractivity contribution in [2.75, 3.05) is 0 Å². The number of hydrogen-bond donors (Lipinski definition) is 0. The third-order valence-corrected chi connectivity index (χ3v) is 11.3. The molecule has 0 atom stereocenters. The third kappa shape index (κ3) is 4.78. The summed E-state index contributed by atoms with van der Waals surface area (Å²) >= 11 is 0. The second-order valence-corrected chi connectivity index (χ2v) is 14.3. The number of fused-ring (bicyclic) bond motifs is 3. The Hall–Kier alpha value is -6.70. The Bertz CT molecular complexity index is 3100. The molecule has 0 fully saturated rings. The van der Waals surface area contributed by atoms with E-state index in [1.807, 2.05) is 12.1 Å². The van der Waals surface area contributed by atoms with E-state index in [9.17, 15) is 0 Å². The number of furan rings is 1. The maximum absolute atomic E-state index is 6.38. The molecule has 0 spiro atoms. The van der Waals surface area contributed by atoms with Gasteiger partial charge in [-0.15, -0.1) is 0 Å². The van der Waals surface area contributed by atoms with E-state index in [1.54, 1.807) is 0 Å². The first-order valence-corrected chi connectivity index (χ1v) is 18.6. The SMILES string of the molecule is C1=CC(c2cccc(-c3ccccc3-c3ccc4ccc5c(-c6ccc(-c7cccc8c7oc7ccccc78)cc6)ccc6ccc3c4c65)c2)=CCC1. The molecule has 0 saturated heterocycles. The van der Waals surface area contributed by atoms with Crippen molar-refractivity contribution in [2.24, 2.45) is 0 Å². The zero-order valence-corrected chi connectivity index (χ0v) is 29.1. The zero-order valence-electron chi connectivity index (χ0n) is 29.1. The summed E-state index contributed by atoms with van der Waals surface area (Å²) in [7, 11) is 0. The van der Waals surface area contributed by atoms with Crippen molar-refractivity contribution in [3.05, 3.63) is 188 Å². The molecule has 0 saturated carbocycles. The van der Waals surface area contributed by atoms with Gasteiger partial charge in [0, 0.05) is 16.3 Å². The normalized spacial score (nSPS) is 13.2. The predicted octanol–water partition coefficient (Wildman–Crippen LogP) is 14.9. The molecule has 1 aliphatic carbocycles.